The minimum atomic E-state index is 0.853. The second kappa shape index (κ2) is 4.29. The van der Waals surface area contributed by atoms with Gasteiger partial charge in [0.2, 0.25) is 0 Å². The van der Waals surface area contributed by atoms with Crippen molar-refractivity contribution in [3.05, 3.63) is 0 Å². The molecule has 0 spiro atoms. The Labute approximate surface area is 48.9 Å². The van der Waals surface area contributed by atoms with Crippen LogP contribution in [0.25, 0.3) is 0 Å². The first kappa shape index (κ1) is 5.29. The fourth-order valence-electron chi connectivity index (χ4n) is 0. The molecule has 0 aliphatic heterocycles. The Balaban J connectivity index is 1.97. The van der Waals surface area contributed by atoms with Crippen LogP contribution >= 0.6 is 11.6 Å². The van der Waals surface area contributed by atoms with Crippen LogP contribution in [-0.2, 0) is 0 Å². The Bertz CT molecular complexity index is 8.00. The molecule has 0 aromatic rings. The van der Waals surface area contributed by atoms with Crippen LogP contribution in [-0.4, -0.2) is 33.8 Å². The summed E-state index contributed by atoms with van der Waals surface area (Å²) in [6.45, 7) is 0. The minimum absolute atomic E-state index is 0.853. The van der Waals surface area contributed by atoms with E-state index in [4.69, 9.17) is 11.6 Å². The summed E-state index contributed by atoms with van der Waals surface area (Å²) < 4.78 is 1.22. The molecule has 0 nitrogen and oxygen atoms in total. The SMILES string of the molecule is [Na][CH2]CCl. The zero-order valence-corrected chi connectivity index (χ0v) is 5.55. The van der Waals surface area contributed by atoms with Crippen molar-refractivity contribution in [3.8, 4) is 0 Å². The first-order chi connectivity index (χ1) is 1.91. The molecule has 0 unspecified atom stereocenters. The molecule has 0 fully saturated rings. The molecular formula is C2H4ClNa. The molecule has 0 aliphatic rings. The van der Waals surface area contributed by atoms with Gasteiger partial charge in [-0.2, -0.15) is 0 Å². The number of halogens is 1. The molecule has 0 atom stereocenters. The van der Waals surface area contributed by atoms with Gasteiger partial charge in [0, 0.05) is 0 Å². The van der Waals surface area contributed by atoms with Crippen LogP contribution in [0.3, 0.4) is 0 Å². The molecule has 0 aromatic heterocycles. The van der Waals surface area contributed by atoms with E-state index >= 15 is 0 Å². The van der Waals surface area contributed by atoms with Crippen molar-refractivity contribution in [2.75, 3.05) is 5.88 Å². The van der Waals surface area contributed by atoms with Crippen LogP contribution in [0, 0.1) is 0 Å². The van der Waals surface area contributed by atoms with Gasteiger partial charge in [0.1, 0.15) is 0 Å². The number of hydrogen-bond donors (Lipinski definition) is 0. The van der Waals surface area contributed by atoms with Gasteiger partial charge in [-0.1, -0.05) is 0 Å². The summed E-state index contributed by atoms with van der Waals surface area (Å²) in [6, 6.07) is 0. The second-order valence-electron chi connectivity index (χ2n) is 0.689. The van der Waals surface area contributed by atoms with Crippen molar-refractivity contribution in [1.82, 2.24) is 0 Å². The van der Waals surface area contributed by atoms with E-state index in [-0.39, 0.29) is 0 Å². The van der Waals surface area contributed by atoms with Crippen molar-refractivity contribution in [3.63, 3.8) is 0 Å². The maximum absolute atomic E-state index is 5.22. The van der Waals surface area contributed by atoms with E-state index < -0.39 is 0 Å². The fourth-order valence-corrected chi connectivity index (χ4v) is 0. The zero-order valence-electron chi connectivity index (χ0n) is 2.79. The molecule has 0 heterocycles. The maximum atomic E-state index is 5.22. The molecule has 20 valence electrons. The Morgan fingerprint density at radius 1 is 1.75 bits per heavy atom. The third-order valence-corrected chi connectivity index (χ3v) is 1.70. The van der Waals surface area contributed by atoms with Crippen molar-refractivity contribution < 1.29 is 0 Å². The van der Waals surface area contributed by atoms with Gasteiger partial charge in [-0.15, -0.1) is 0 Å². The molecule has 0 N–H and O–H groups in total. The van der Waals surface area contributed by atoms with Gasteiger partial charge in [0.25, 0.3) is 0 Å². The van der Waals surface area contributed by atoms with E-state index in [1.807, 2.05) is 0 Å². The summed E-state index contributed by atoms with van der Waals surface area (Å²) in [5.41, 5.74) is 0. The van der Waals surface area contributed by atoms with Crippen molar-refractivity contribution in [1.29, 1.82) is 0 Å². The van der Waals surface area contributed by atoms with Gasteiger partial charge in [0.05, 0.1) is 0 Å². The Kier molecular flexibility index (Phi) is 5.67. The van der Waals surface area contributed by atoms with E-state index in [9.17, 15) is 0 Å². The molecule has 0 aromatic carbocycles. The van der Waals surface area contributed by atoms with Gasteiger partial charge in [-0.3, -0.25) is 0 Å². The van der Waals surface area contributed by atoms with Gasteiger partial charge in [0.15, 0.2) is 0 Å². The summed E-state index contributed by atoms with van der Waals surface area (Å²) in [4.78, 5) is 0. The van der Waals surface area contributed by atoms with E-state index in [1.54, 1.807) is 0 Å². The van der Waals surface area contributed by atoms with Crippen LogP contribution < -0.4 is 0 Å². The average molecular weight is 86.5 g/mol. The summed E-state index contributed by atoms with van der Waals surface area (Å²) >= 11 is 6.48. The summed E-state index contributed by atoms with van der Waals surface area (Å²) in [5, 5.41) is 0. The second-order valence-corrected chi connectivity index (χ2v) is 2.07. The zero-order chi connectivity index (χ0) is 3.41. The van der Waals surface area contributed by atoms with E-state index in [2.05, 4.69) is 0 Å². The van der Waals surface area contributed by atoms with Crippen molar-refractivity contribution in [2.45, 2.75) is 3.67 Å². The van der Waals surface area contributed by atoms with Crippen molar-refractivity contribution in [2.24, 2.45) is 0 Å². The Hall–Kier alpha value is 1.29. The molecule has 0 amide bonds. The average Bonchev–Trinajstić information content (AvgIpc) is 1.37. The summed E-state index contributed by atoms with van der Waals surface area (Å²) in [6.07, 6.45) is 0. The molecule has 4 heavy (non-hydrogen) atoms. The topological polar surface area (TPSA) is 0 Å². The molecule has 0 aliphatic carbocycles. The van der Waals surface area contributed by atoms with Gasteiger partial charge in [-0.05, 0) is 0 Å². The molecule has 0 radical (unpaired) electrons. The third kappa shape index (κ3) is 3.29. The first-order valence-corrected chi connectivity index (χ1v) is 3.42. The fraction of sp³-hybridized carbons (Fsp3) is 1.00. The predicted octanol–water partition coefficient (Wildman–Crippen LogP) is 0.812. The molecule has 2 heteroatoms. The number of rotatable bonds is 1. The Morgan fingerprint density at radius 2 is 2.00 bits per heavy atom. The molecule has 0 rings (SSSR count). The van der Waals surface area contributed by atoms with Crippen LogP contribution in [0.4, 0.5) is 0 Å². The quantitative estimate of drug-likeness (QED) is 0.327. The molecule has 0 saturated heterocycles. The Morgan fingerprint density at radius 3 is 2.00 bits per heavy atom. The van der Waals surface area contributed by atoms with E-state index in [1.165, 1.54) is 31.6 Å². The van der Waals surface area contributed by atoms with Gasteiger partial charge in [-0.25, -0.2) is 0 Å². The summed E-state index contributed by atoms with van der Waals surface area (Å²) in [7, 11) is 0. The normalized spacial score (nSPS) is 7.75. The van der Waals surface area contributed by atoms with Crippen LogP contribution in [0.2, 0.25) is 3.67 Å². The number of hydrogen-bond acceptors (Lipinski definition) is 0. The molecule has 0 saturated carbocycles. The summed E-state index contributed by atoms with van der Waals surface area (Å²) in [5.74, 6) is 0.853. The standard InChI is InChI=1S/C2H4Cl.Na/c1-2-3;/h1-2H2;. The third-order valence-electron chi connectivity index (χ3n) is 0.189. The van der Waals surface area contributed by atoms with Crippen LogP contribution in [0.15, 0.2) is 0 Å². The first-order valence-electron chi connectivity index (χ1n) is 1.47. The number of alkyl halides is 1. The predicted molar refractivity (Wildman–Crippen MR) is 21.3 cm³/mol. The van der Waals surface area contributed by atoms with Gasteiger partial charge >= 0.3 is 49.1 Å². The van der Waals surface area contributed by atoms with Gasteiger partial charge < -0.3 is 0 Å². The monoisotopic (exact) mass is 86.0 g/mol. The molecular weight excluding hydrogens is 82.5 g/mol. The van der Waals surface area contributed by atoms with E-state index in [0.29, 0.717) is 0 Å². The van der Waals surface area contributed by atoms with Crippen molar-refractivity contribution >= 4 is 39.5 Å². The van der Waals surface area contributed by atoms with E-state index in [0.717, 1.165) is 5.88 Å². The van der Waals surface area contributed by atoms with Crippen LogP contribution in [0.1, 0.15) is 0 Å². The van der Waals surface area contributed by atoms with Crippen LogP contribution in [0.5, 0.6) is 0 Å². The molecule has 0 bridgehead atoms.